The van der Waals surface area contributed by atoms with Crippen molar-refractivity contribution < 1.29 is 24.9 Å². The molecule has 0 saturated heterocycles. The minimum absolute atomic E-state index is 0.0113. The van der Waals surface area contributed by atoms with E-state index in [1.54, 1.807) is 32.9 Å². The topological polar surface area (TPSA) is 94.8 Å². The average Bonchev–Trinajstić information content (AvgIpc) is 2.50. The Labute approximate surface area is 142 Å². The van der Waals surface area contributed by atoms with Crippen molar-refractivity contribution in [2.45, 2.75) is 59.5 Å². The summed E-state index contributed by atoms with van der Waals surface area (Å²) in [6.07, 6.45) is 3.33. The highest BCUT2D eigenvalue weighted by molar-refractivity contribution is 6.25. The second kappa shape index (κ2) is 7.62. The summed E-state index contributed by atoms with van der Waals surface area (Å²) in [5.41, 5.74) is -0.850. The number of aliphatic hydroxyl groups excluding tert-OH is 2. The number of ketones is 2. The zero-order valence-electron chi connectivity index (χ0n) is 14.9. The van der Waals surface area contributed by atoms with Gasteiger partial charge in [0, 0.05) is 18.4 Å². The fourth-order valence-corrected chi connectivity index (χ4v) is 2.41. The van der Waals surface area contributed by atoms with Gasteiger partial charge in [0.05, 0.1) is 0 Å². The highest BCUT2D eigenvalue weighted by atomic mass is 16.3. The van der Waals surface area contributed by atoms with Crippen molar-refractivity contribution in [3.63, 3.8) is 0 Å². The van der Waals surface area contributed by atoms with E-state index in [0.717, 1.165) is 11.1 Å². The molecule has 0 unspecified atom stereocenters. The van der Waals surface area contributed by atoms with Crippen LogP contribution >= 0.6 is 0 Å². The van der Waals surface area contributed by atoms with Gasteiger partial charge >= 0.3 is 0 Å². The molecule has 132 valence electrons. The molecular formula is C19H26O5. The van der Waals surface area contributed by atoms with Crippen LogP contribution in [0.4, 0.5) is 0 Å². The second-order valence-corrected chi connectivity index (χ2v) is 6.49. The highest BCUT2D eigenvalue weighted by Crippen LogP contribution is 2.37. The molecule has 0 saturated carbocycles. The first-order valence-corrected chi connectivity index (χ1v) is 7.99. The number of rotatable bonds is 6. The van der Waals surface area contributed by atoms with Gasteiger partial charge in [0.15, 0.2) is 11.4 Å². The summed E-state index contributed by atoms with van der Waals surface area (Å²) in [6, 6.07) is 0. The van der Waals surface area contributed by atoms with E-state index in [4.69, 9.17) is 0 Å². The third-order valence-corrected chi connectivity index (χ3v) is 3.92. The van der Waals surface area contributed by atoms with Crippen LogP contribution in [-0.2, 0) is 9.59 Å². The van der Waals surface area contributed by atoms with Gasteiger partial charge in [-0.1, -0.05) is 30.2 Å². The van der Waals surface area contributed by atoms with Gasteiger partial charge in [-0.3, -0.25) is 9.59 Å². The van der Waals surface area contributed by atoms with E-state index >= 15 is 0 Å². The van der Waals surface area contributed by atoms with Gasteiger partial charge < -0.3 is 15.3 Å². The molecule has 0 bridgehead atoms. The van der Waals surface area contributed by atoms with E-state index in [1.165, 1.54) is 0 Å². The Kier molecular flexibility index (Phi) is 6.32. The van der Waals surface area contributed by atoms with E-state index in [2.05, 4.69) is 0 Å². The zero-order chi connectivity index (χ0) is 18.7. The molecule has 24 heavy (non-hydrogen) atoms. The molecule has 0 aromatic carbocycles. The van der Waals surface area contributed by atoms with Crippen molar-refractivity contribution in [3.8, 4) is 0 Å². The van der Waals surface area contributed by atoms with Crippen LogP contribution in [0.25, 0.3) is 0 Å². The molecule has 1 aliphatic carbocycles. The van der Waals surface area contributed by atoms with Crippen LogP contribution in [0.5, 0.6) is 0 Å². The molecule has 0 aliphatic heterocycles. The van der Waals surface area contributed by atoms with Crippen LogP contribution < -0.4 is 0 Å². The Balaban J connectivity index is 3.58. The van der Waals surface area contributed by atoms with E-state index in [-0.39, 0.29) is 24.8 Å². The lowest BCUT2D eigenvalue weighted by molar-refractivity contribution is -0.135. The quantitative estimate of drug-likeness (QED) is 0.509. The van der Waals surface area contributed by atoms with Gasteiger partial charge in [-0.2, -0.15) is 0 Å². The van der Waals surface area contributed by atoms with Gasteiger partial charge in [0.2, 0.25) is 5.78 Å². The maximum absolute atomic E-state index is 12.6. The molecule has 1 rings (SSSR count). The summed E-state index contributed by atoms with van der Waals surface area (Å²) in [6.45, 7) is 8.86. The van der Waals surface area contributed by atoms with E-state index in [1.807, 2.05) is 13.8 Å². The molecule has 1 aliphatic rings. The standard InChI is InChI=1S/C19H26O5/c1-6-14(20)15-16(21)13(8-7-11(2)3)17(22)19(24,18(15)23)10-9-12(4)5/h7,9,21-22,24H,6,8,10H2,1-5H3/t19-/m0/s1. The summed E-state index contributed by atoms with van der Waals surface area (Å²) >= 11 is 0. The molecule has 0 fully saturated rings. The van der Waals surface area contributed by atoms with Crippen LogP contribution in [-0.4, -0.2) is 32.5 Å². The van der Waals surface area contributed by atoms with Crippen molar-refractivity contribution in [1.82, 2.24) is 0 Å². The number of aliphatic hydroxyl groups is 3. The lowest BCUT2D eigenvalue weighted by atomic mass is 9.77. The normalized spacial score (nSPS) is 21.0. The van der Waals surface area contributed by atoms with E-state index in [0.29, 0.717) is 0 Å². The van der Waals surface area contributed by atoms with Gasteiger partial charge in [0.25, 0.3) is 0 Å². The maximum atomic E-state index is 12.6. The first-order valence-electron chi connectivity index (χ1n) is 7.99. The third kappa shape index (κ3) is 3.85. The molecule has 3 N–H and O–H groups in total. The molecule has 5 nitrogen and oxygen atoms in total. The number of carbonyl (C=O) groups excluding carboxylic acids is 2. The fourth-order valence-electron chi connectivity index (χ4n) is 2.41. The van der Waals surface area contributed by atoms with Crippen molar-refractivity contribution in [1.29, 1.82) is 0 Å². The molecule has 0 spiro atoms. The molecular weight excluding hydrogens is 308 g/mol. The van der Waals surface area contributed by atoms with Gasteiger partial charge in [-0.05, 0) is 34.1 Å². The number of carbonyl (C=O) groups is 2. The predicted octanol–water partition coefficient (Wildman–Crippen LogP) is 3.62. The summed E-state index contributed by atoms with van der Waals surface area (Å²) in [7, 11) is 0. The Bertz CT molecular complexity index is 668. The minimum Gasteiger partial charge on any atom is -0.508 e. The number of Topliss-reactive ketones (excluding diaryl/α,β-unsaturated/α-hetero) is 2. The third-order valence-electron chi connectivity index (χ3n) is 3.92. The maximum Gasteiger partial charge on any atom is 0.209 e. The van der Waals surface area contributed by atoms with Crippen molar-refractivity contribution >= 4 is 11.6 Å². The lowest BCUT2D eigenvalue weighted by Gasteiger charge is -2.32. The Morgan fingerprint density at radius 3 is 2.08 bits per heavy atom. The average molecular weight is 334 g/mol. The van der Waals surface area contributed by atoms with Gasteiger partial charge in [0.1, 0.15) is 17.1 Å². The van der Waals surface area contributed by atoms with Crippen LogP contribution in [0.15, 0.2) is 46.0 Å². The first kappa shape index (κ1) is 19.9. The van der Waals surface area contributed by atoms with Crippen LogP contribution in [0, 0.1) is 0 Å². The van der Waals surface area contributed by atoms with Gasteiger partial charge in [-0.15, -0.1) is 0 Å². The van der Waals surface area contributed by atoms with Crippen molar-refractivity contribution in [2.75, 3.05) is 0 Å². The molecule has 0 radical (unpaired) electrons. The van der Waals surface area contributed by atoms with E-state index < -0.39 is 34.3 Å². The summed E-state index contributed by atoms with van der Waals surface area (Å²) in [4.78, 5) is 24.8. The SMILES string of the molecule is CCC(=O)C1=C(O)C(CC=C(C)C)=C(O)[C@@](O)(CC=C(C)C)C1=O. The molecule has 5 heteroatoms. The van der Waals surface area contributed by atoms with Crippen LogP contribution in [0.3, 0.4) is 0 Å². The van der Waals surface area contributed by atoms with Crippen LogP contribution in [0.1, 0.15) is 53.9 Å². The Morgan fingerprint density at radius 2 is 1.62 bits per heavy atom. The number of hydrogen-bond donors (Lipinski definition) is 3. The molecule has 0 aromatic heterocycles. The highest BCUT2D eigenvalue weighted by Gasteiger charge is 2.49. The lowest BCUT2D eigenvalue weighted by Crippen LogP contribution is -2.46. The second-order valence-electron chi connectivity index (χ2n) is 6.49. The van der Waals surface area contributed by atoms with Crippen molar-refractivity contribution in [2.24, 2.45) is 0 Å². The first-order chi connectivity index (χ1) is 11.1. The van der Waals surface area contributed by atoms with Crippen LogP contribution in [0.2, 0.25) is 0 Å². The summed E-state index contributed by atoms with van der Waals surface area (Å²) in [5, 5.41) is 31.6. The largest absolute Gasteiger partial charge is 0.508 e. The Hall–Kier alpha value is -2.14. The van der Waals surface area contributed by atoms with Crippen molar-refractivity contribution in [3.05, 3.63) is 46.0 Å². The number of allylic oxidation sites excluding steroid dienone is 4. The molecule has 0 heterocycles. The summed E-state index contributed by atoms with van der Waals surface area (Å²) in [5.74, 6) is -2.64. The fraction of sp³-hybridized carbons (Fsp3) is 0.474. The molecule has 0 amide bonds. The molecule has 0 aromatic rings. The number of hydrogen-bond acceptors (Lipinski definition) is 5. The molecule has 1 atom stereocenters. The Morgan fingerprint density at radius 1 is 1.08 bits per heavy atom. The van der Waals surface area contributed by atoms with Gasteiger partial charge in [-0.25, -0.2) is 0 Å². The monoisotopic (exact) mass is 334 g/mol. The minimum atomic E-state index is -2.23. The van der Waals surface area contributed by atoms with E-state index in [9.17, 15) is 24.9 Å². The smallest absolute Gasteiger partial charge is 0.209 e. The zero-order valence-corrected chi connectivity index (χ0v) is 14.9. The summed E-state index contributed by atoms with van der Waals surface area (Å²) < 4.78 is 0. The predicted molar refractivity (Wildman–Crippen MR) is 92.7 cm³/mol.